The number of nitrogens with one attached hydrogen (secondary N) is 1. The van der Waals surface area contributed by atoms with Crippen molar-refractivity contribution in [1.29, 1.82) is 0 Å². The van der Waals surface area contributed by atoms with Crippen molar-refractivity contribution in [2.24, 2.45) is 0 Å². The fourth-order valence-corrected chi connectivity index (χ4v) is 4.03. The molecule has 2 aromatic rings. The Hall–Kier alpha value is -1.90. The number of amides is 1. The van der Waals surface area contributed by atoms with E-state index in [-0.39, 0.29) is 12.0 Å². The van der Waals surface area contributed by atoms with E-state index in [2.05, 4.69) is 5.32 Å². The lowest BCUT2D eigenvalue weighted by molar-refractivity contribution is 0.0861. The highest BCUT2D eigenvalue weighted by molar-refractivity contribution is 7.73. The maximum absolute atomic E-state index is 12.4. The topological polar surface area (TPSA) is 78.5 Å². The molecule has 134 valence electrons. The molecule has 1 fully saturated rings. The van der Waals surface area contributed by atoms with Crippen LogP contribution in [0, 0.1) is 3.95 Å². The molecule has 1 saturated heterocycles. The van der Waals surface area contributed by atoms with Crippen LogP contribution in [0.4, 0.5) is 5.82 Å². The number of benzene rings is 1. The molecule has 0 bridgehead atoms. The first kappa shape index (κ1) is 17.9. The Kier molecular flexibility index (Phi) is 5.72. The molecule has 0 aliphatic carbocycles. The molecule has 0 saturated carbocycles. The first-order valence-corrected chi connectivity index (χ1v) is 9.47. The van der Waals surface area contributed by atoms with E-state index in [1.165, 1.54) is 11.3 Å². The smallest absolute Gasteiger partial charge is 0.265 e. The highest BCUT2D eigenvalue weighted by Crippen LogP contribution is 2.27. The minimum Gasteiger partial charge on any atom is -0.494 e. The Morgan fingerprint density at radius 2 is 2.24 bits per heavy atom. The zero-order valence-corrected chi connectivity index (χ0v) is 15.6. The Balaban J connectivity index is 1.77. The largest absolute Gasteiger partial charge is 0.494 e. The van der Waals surface area contributed by atoms with E-state index in [1.54, 1.807) is 4.57 Å². The summed E-state index contributed by atoms with van der Waals surface area (Å²) in [6.45, 7) is 3.79. The number of nitrogens with two attached hydrogens (primary N) is 1. The molecule has 8 heteroatoms. The van der Waals surface area contributed by atoms with Gasteiger partial charge < -0.3 is 20.5 Å². The quantitative estimate of drug-likeness (QED) is 0.754. The van der Waals surface area contributed by atoms with Crippen LogP contribution < -0.4 is 15.8 Å². The fraction of sp³-hybridized carbons (Fsp3) is 0.412. The van der Waals surface area contributed by atoms with Crippen LogP contribution in [0.5, 0.6) is 5.75 Å². The van der Waals surface area contributed by atoms with Gasteiger partial charge in [-0.2, -0.15) is 0 Å². The molecule has 25 heavy (non-hydrogen) atoms. The highest BCUT2D eigenvalue weighted by Gasteiger charge is 2.21. The van der Waals surface area contributed by atoms with Gasteiger partial charge in [0.2, 0.25) is 0 Å². The van der Waals surface area contributed by atoms with Gasteiger partial charge in [0.05, 0.1) is 12.7 Å². The van der Waals surface area contributed by atoms with Crippen molar-refractivity contribution in [2.75, 3.05) is 25.5 Å². The predicted octanol–water partition coefficient (Wildman–Crippen LogP) is 3.16. The molecule has 1 aromatic carbocycles. The van der Waals surface area contributed by atoms with Crippen molar-refractivity contribution in [1.82, 2.24) is 9.88 Å². The molecule has 6 nitrogen and oxygen atoms in total. The lowest BCUT2D eigenvalue weighted by Crippen LogP contribution is -2.31. The highest BCUT2D eigenvalue weighted by atomic mass is 32.1. The normalized spacial score (nSPS) is 16.8. The van der Waals surface area contributed by atoms with E-state index in [0.29, 0.717) is 27.8 Å². The van der Waals surface area contributed by atoms with Crippen LogP contribution in [0.1, 0.15) is 29.4 Å². The summed E-state index contributed by atoms with van der Waals surface area (Å²) in [6.07, 6.45) is 2.10. The van der Waals surface area contributed by atoms with Gasteiger partial charge in [0.1, 0.15) is 16.4 Å². The summed E-state index contributed by atoms with van der Waals surface area (Å²) in [6, 6.07) is 7.46. The number of thiazole rings is 1. The van der Waals surface area contributed by atoms with E-state index in [4.69, 9.17) is 27.4 Å². The van der Waals surface area contributed by atoms with Crippen molar-refractivity contribution in [2.45, 2.75) is 25.9 Å². The SMILES string of the molecule is CCOc1ccc(-n2c(N)c(C(=O)NC[C@H]3CCCO3)sc2=S)cc1. The van der Waals surface area contributed by atoms with E-state index >= 15 is 0 Å². The number of hydrogen-bond acceptors (Lipinski definition) is 6. The Bertz CT molecular complexity index is 792. The summed E-state index contributed by atoms with van der Waals surface area (Å²) >= 11 is 6.61. The van der Waals surface area contributed by atoms with Crippen molar-refractivity contribution >= 4 is 35.3 Å². The van der Waals surface area contributed by atoms with Gasteiger partial charge in [-0.1, -0.05) is 11.3 Å². The van der Waals surface area contributed by atoms with Gasteiger partial charge in [0.15, 0.2) is 3.95 Å². The first-order chi connectivity index (χ1) is 12.1. The number of nitrogens with zero attached hydrogens (tertiary/aromatic N) is 1. The van der Waals surface area contributed by atoms with E-state index in [0.717, 1.165) is 30.9 Å². The molecule has 0 radical (unpaired) electrons. The predicted molar refractivity (Wildman–Crippen MR) is 101 cm³/mol. The average molecular weight is 380 g/mol. The van der Waals surface area contributed by atoms with Gasteiger partial charge in [-0.25, -0.2) is 0 Å². The summed E-state index contributed by atoms with van der Waals surface area (Å²) in [5.74, 6) is 0.916. The van der Waals surface area contributed by atoms with Gasteiger partial charge in [0.25, 0.3) is 5.91 Å². The number of hydrogen-bond donors (Lipinski definition) is 2. The van der Waals surface area contributed by atoms with Gasteiger partial charge >= 0.3 is 0 Å². The second-order valence-electron chi connectivity index (χ2n) is 5.69. The number of carbonyl (C=O) groups excluding carboxylic acids is 1. The molecule has 1 atom stereocenters. The van der Waals surface area contributed by atoms with Crippen molar-refractivity contribution < 1.29 is 14.3 Å². The van der Waals surface area contributed by atoms with Crippen LogP contribution in [0.3, 0.4) is 0 Å². The molecule has 0 unspecified atom stereocenters. The Labute approximate surface area is 155 Å². The molecular formula is C17H21N3O3S2. The molecule has 1 amide bonds. The van der Waals surface area contributed by atoms with Gasteiger partial charge in [-0.3, -0.25) is 9.36 Å². The maximum Gasteiger partial charge on any atom is 0.265 e. The maximum atomic E-state index is 12.4. The van der Waals surface area contributed by atoms with Gasteiger partial charge in [0, 0.05) is 18.8 Å². The third-order valence-electron chi connectivity index (χ3n) is 3.97. The number of anilines is 1. The first-order valence-electron chi connectivity index (χ1n) is 8.24. The Morgan fingerprint density at radius 1 is 1.48 bits per heavy atom. The molecule has 1 aliphatic heterocycles. The lowest BCUT2D eigenvalue weighted by Gasteiger charge is -2.11. The summed E-state index contributed by atoms with van der Waals surface area (Å²) in [7, 11) is 0. The molecule has 2 heterocycles. The molecular weight excluding hydrogens is 358 g/mol. The second-order valence-corrected chi connectivity index (χ2v) is 7.33. The van der Waals surface area contributed by atoms with E-state index < -0.39 is 0 Å². The number of nitrogen functional groups attached to an aromatic ring is 1. The second kappa shape index (κ2) is 7.99. The monoisotopic (exact) mass is 379 g/mol. The van der Waals surface area contributed by atoms with E-state index in [9.17, 15) is 4.79 Å². The molecule has 1 aliphatic rings. The summed E-state index contributed by atoms with van der Waals surface area (Å²) in [5.41, 5.74) is 7.01. The van der Waals surface area contributed by atoms with Crippen LogP contribution in [0.15, 0.2) is 24.3 Å². The number of carbonyl (C=O) groups is 1. The van der Waals surface area contributed by atoms with Crippen LogP contribution in [-0.2, 0) is 4.74 Å². The van der Waals surface area contributed by atoms with Crippen molar-refractivity contribution in [3.63, 3.8) is 0 Å². The Morgan fingerprint density at radius 3 is 2.88 bits per heavy atom. The number of aromatic nitrogens is 1. The van der Waals surface area contributed by atoms with Gasteiger partial charge in [-0.05, 0) is 56.2 Å². The minimum atomic E-state index is -0.214. The fourth-order valence-electron chi connectivity index (χ4n) is 2.74. The third-order valence-corrected chi connectivity index (χ3v) is 5.36. The standard InChI is InChI=1S/C17H21N3O3S2/c1-2-22-12-7-5-11(6-8-12)20-15(18)14(25-17(20)24)16(21)19-10-13-4-3-9-23-13/h5-8,13H,2-4,9-10,18H2,1H3,(H,19,21)/t13-/m1/s1. The zero-order valence-electron chi connectivity index (χ0n) is 14.0. The molecule has 1 aromatic heterocycles. The molecule has 3 rings (SSSR count). The van der Waals surface area contributed by atoms with Crippen LogP contribution in [0.25, 0.3) is 5.69 Å². The summed E-state index contributed by atoms with van der Waals surface area (Å²) < 4.78 is 13.2. The van der Waals surface area contributed by atoms with Crippen molar-refractivity contribution in [3.05, 3.63) is 33.1 Å². The number of rotatable bonds is 6. The van der Waals surface area contributed by atoms with Gasteiger partial charge in [-0.15, -0.1) is 0 Å². The average Bonchev–Trinajstić information content (AvgIpc) is 3.22. The molecule has 0 spiro atoms. The van der Waals surface area contributed by atoms with Crippen LogP contribution >= 0.6 is 23.6 Å². The van der Waals surface area contributed by atoms with Crippen LogP contribution in [0.2, 0.25) is 0 Å². The van der Waals surface area contributed by atoms with Crippen molar-refractivity contribution in [3.8, 4) is 11.4 Å². The third kappa shape index (κ3) is 4.02. The van der Waals surface area contributed by atoms with E-state index in [1.807, 2.05) is 31.2 Å². The lowest BCUT2D eigenvalue weighted by atomic mass is 10.2. The van der Waals surface area contributed by atoms with Crippen LogP contribution in [-0.4, -0.2) is 36.3 Å². The summed E-state index contributed by atoms with van der Waals surface area (Å²) in [5, 5.41) is 2.89. The summed E-state index contributed by atoms with van der Waals surface area (Å²) in [4.78, 5) is 12.9. The molecule has 3 N–H and O–H groups in total. The zero-order chi connectivity index (χ0) is 17.8. The number of ether oxygens (including phenoxy) is 2. The minimum absolute atomic E-state index is 0.0892.